The maximum absolute atomic E-state index is 13.9. The first-order valence-corrected chi connectivity index (χ1v) is 11.7. The van der Waals surface area contributed by atoms with Gasteiger partial charge in [-0.15, -0.1) is 10.2 Å². The van der Waals surface area contributed by atoms with Crippen LogP contribution in [0, 0.1) is 5.92 Å². The van der Waals surface area contributed by atoms with Crippen LogP contribution >= 0.6 is 0 Å². The third-order valence-corrected chi connectivity index (χ3v) is 6.77. The lowest BCUT2D eigenvalue weighted by Crippen LogP contribution is -2.66. The molecule has 1 aromatic carbocycles. The number of nitrogens with one attached hydrogen (secondary N) is 3. The lowest BCUT2D eigenvalue weighted by atomic mass is 9.76. The van der Waals surface area contributed by atoms with E-state index < -0.39 is 29.3 Å². The van der Waals surface area contributed by atoms with Crippen molar-refractivity contribution in [1.29, 1.82) is 0 Å². The Morgan fingerprint density at radius 1 is 1.12 bits per heavy atom. The van der Waals surface area contributed by atoms with Crippen molar-refractivity contribution in [3.63, 3.8) is 0 Å². The summed E-state index contributed by atoms with van der Waals surface area (Å²) in [6, 6.07) is 7.97. The fourth-order valence-corrected chi connectivity index (χ4v) is 5.04. The summed E-state index contributed by atoms with van der Waals surface area (Å²) in [5.74, 6) is -1.60. The van der Waals surface area contributed by atoms with Gasteiger partial charge in [0.2, 0.25) is 17.5 Å². The van der Waals surface area contributed by atoms with E-state index in [4.69, 9.17) is 5.73 Å². The Morgan fingerprint density at radius 3 is 2.52 bits per heavy atom. The van der Waals surface area contributed by atoms with Crippen LogP contribution < -0.4 is 16.4 Å². The Hall–Kier alpha value is -2.98. The molecule has 1 aliphatic heterocycles. The SMILES string of the molecule is N[C@@H](Cc1ccccc1)C(=O)NC(CC1CCCC1)(C(=O)c1nn[nH]n1)C(=O)[C@@H]1CCCN1. The third kappa shape index (κ3) is 5.17. The van der Waals surface area contributed by atoms with Crippen LogP contribution in [-0.4, -0.2) is 62.3 Å². The first-order chi connectivity index (χ1) is 16.0. The smallest absolute Gasteiger partial charge is 0.243 e. The molecule has 2 aliphatic rings. The van der Waals surface area contributed by atoms with Gasteiger partial charge < -0.3 is 16.4 Å². The van der Waals surface area contributed by atoms with Crippen LogP contribution in [0.25, 0.3) is 0 Å². The van der Waals surface area contributed by atoms with E-state index in [1.807, 2.05) is 30.3 Å². The van der Waals surface area contributed by atoms with Crippen molar-refractivity contribution in [2.24, 2.45) is 11.7 Å². The second kappa shape index (κ2) is 10.3. The van der Waals surface area contributed by atoms with Gasteiger partial charge in [0, 0.05) is 0 Å². The highest BCUT2D eigenvalue weighted by atomic mass is 16.2. The maximum Gasteiger partial charge on any atom is 0.243 e. The van der Waals surface area contributed by atoms with E-state index >= 15 is 0 Å². The van der Waals surface area contributed by atoms with Gasteiger partial charge in [0.1, 0.15) is 0 Å². The van der Waals surface area contributed by atoms with Crippen molar-refractivity contribution in [2.75, 3.05) is 6.54 Å². The number of rotatable bonds is 10. The second-order valence-electron chi connectivity index (χ2n) is 9.12. The number of tetrazole rings is 1. The molecule has 10 heteroatoms. The summed E-state index contributed by atoms with van der Waals surface area (Å²) in [5, 5.41) is 19.4. The molecule has 176 valence electrons. The van der Waals surface area contributed by atoms with Crippen LogP contribution in [0.5, 0.6) is 0 Å². The fourth-order valence-electron chi connectivity index (χ4n) is 5.04. The van der Waals surface area contributed by atoms with Gasteiger partial charge in [-0.2, -0.15) is 5.21 Å². The molecular formula is C23H31N7O3. The van der Waals surface area contributed by atoms with E-state index in [1.54, 1.807) is 0 Å². The number of ketones is 2. The Labute approximate surface area is 192 Å². The number of carbonyl (C=O) groups is 3. The molecule has 1 amide bonds. The van der Waals surface area contributed by atoms with Gasteiger partial charge in [0.15, 0.2) is 11.3 Å². The number of hydrogen-bond acceptors (Lipinski definition) is 8. The number of benzene rings is 1. The molecule has 5 N–H and O–H groups in total. The van der Waals surface area contributed by atoms with Gasteiger partial charge in [-0.1, -0.05) is 56.0 Å². The number of Topliss-reactive ketones (excluding diaryl/α,β-unsaturated/α-hetero) is 2. The quantitative estimate of drug-likeness (QED) is 0.303. The summed E-state index contributed by atoms with van der Waals surface area (Å²) in [4.78, 5) is 40.9. The highest BCUT2D eigenvalue weighted by Crippen LogP contribution is 2.35. The average molecular weight is 454 g/mol. The minimum atomic E-state index is -1.79. The Morgan fingerprint density at radius 2 is 1.88 bits per heavy atom. The summed E-state index contributed by atoms with van der Waals surface area (Å²) in [6.45, 7) is 0.688. The number of aromatic amines is 1. The van der Waals surface area contributed by atoms with Crippen LogP contribution in [0.3, 0.4) is 0 Å². The fraction of sp³-hybridized carbons (Fsp3) is 0.565. The zero-order valence-electron chi connectivity index (χ0n) is 18.6. The summed E-state index contributed by atoms with van der Waals surface area (Å²) in [6.07, 6.45) is 5.81. The molecule has 4 rings (SSSR count). The van der Waals surface area contributed by atoms with E-state index in [9.17, 15) is 14.4 Å². The molecule has 1 aromatic heterocycles. The van der Waals surface area contributed by atoms with Gasteiger partial charge in [-0.05, 0) is 48.9 Å². The Balaban J connectivity index is 1.66. The number of amides is 1. The molecule has 10 nitrogen and oxygen atoms in total. The predicted octanol–water partition coefficient (Wildman–Crippen LogP) is 0.709. The zero-order chi connectivity index (χ0) is 23.3. The van der Waals surface area contributed by atoms with Gasteiger partial charge in [0.05, 0.1) is 12.1 Å². The Kier molecular flexibility index (Phi) is 7.24. The first kappa shape index (κ1) is 23.2. The molecule has 0 bridgehead atoms. The van der Waals surface area contributed by atoms with Gasteiger partial charge in [0.25, 0.3) is 0 Å². The molecule has 1 aliphatic carbocycles. The van der Waals surface area contributed by atoms with Crippen molar-refractivity contribution < 1.29 is 14.4 Å². The third-order valence-electron chi connectivity index (χ3n) is 6.77. The number of nitrogens with zero attached hydrogens (tertiary/aromatic N) is 3. The summed E-state index contributed by atoms with van der Waals surface area (Å²) >= 11 is 0. The largest absolute Gasteiger partial charge is 0.335 e. The van der Waals surface area contributed by atoms with E-state index in [-0.39, 0.29) is 23.9 Å². The number of nitrogens with two attached hydrogens (primary N) is 1. The molecule has 3 atom stereocenters. The lowest BCUT2D eigenvalue weighted by Gasteiger charge is -2.36. The summed E-state index contributed by atoms with van der Waals surface area (Å²) in [5.41, 5.74) is 5.35. The Bertz CT molecular complexity index is 954. The molecule has 1 saturated heterocycles. The van der Waals surface area contributed by atoms with Crippen molar-refractivity contribution in [1.82, 2.24) is 31.3 Å². The van der Waals surface area contributed by atoms with Crippen molar-refractivity contribution in [2.45, 2.75) is 69.0 Å². The topological polar surface area (TPSA) is 156 Å². The van der Waals surface area contributed by atoms with Crippen LogP contribution in [0.2, 0.25) is 0 Å². The predicted molar refractivity (Wildman–Crippen MR) is 120 cm³/mol. The minimum absolute atomic E-state index is 0.136. The molecule has 33 heavy (non-hydrogen) atoms. The molecule has 2 fully saturated rings. The number of aromatic nitrogens is 4. The number of carbonyl (C=O) groups excluding carboxylic acids is 3. The van der Waals surface area contributed by atoms with Crippen LogP contribution in [0.1, 0.15) is 61.1 Å². The van der Waals surface area contributed by atoms with Crippen LogP contribution in [-0.2, 0) is 16.0 Å². The molecule has 1 unspecified atom stereocenters. The van der Waals surface area contributed by atoms with Gasteiger partial charge in [-0.25, -0.2) is 0 Å². The zero-order valence-corrected chi connectivity index (χ0v) is 18.6. The van der Waals surface area contributed by atoms with E-state index in [1.165, 1.54) is 0 Å². The number of H-pyrrole nitrogens is 1. The molecule has 2 heterocycles. The summed E-state index contributed by atoms with van der Waals surface area (Å²) in [7, 11) is 0. The van der Waals surface area contributed by atoms with E-state index in [0.29, 0.717) is 19.4 Å². The van der Waals surface area contributed by atoms with Crippen LogP contribution in [0.15, 0.2) is 30.3 Å². The van der Waals surface area contributed by atoms with Crippen LogP contribution in [0.4, 0.5) is 0 Å². The minimum Gasteiger partial charge on any atom is -0.335 e. The van der Waals surface area contributed by atoms with E-state index in [0.717, 1.165) is 37.7 Å². The molecule has 0 radical (unpaired) electrons. The monoisotopic (exact) mass is 453 g/mol. The van der Waals surface area contributed by atoms with Crippen molar-refractivity contribution >= 4 is 17.5 Å². The normalized spacial score (nSPS) is 21.4. The molecule has 0 spiro atoms. The highest BCUT2D eigenvalue weighted by molar-refractivity contribution is 6.20. The molecule has 1 saturated carbocycles. The van der Waals surface area contributed by atoms with E-state index in [2.05, 4.69) is 31.3 Å². The molecular weight excluding hydrogens is 422 g/mol. The van der Waals surface area contributed by atoms with Gasteiger partial charge >= 0.3 is 0 Å². The van der Waals surface area contributed by atoms with Crippen molar-refractivity contribution in [3.8, 4) is 0 Å². The summed E-state index contributed by atoms with van der Waals surface area (Å²) < 4.78 is 0. The maximum atomic E-state index is 13.9. The molecule has 2 aromatic rings. The number of hydrogen-bond donors (Lipinski definition) is 4. The average Bonchev–Trinajstić information content (AvgIpc) is 3.62. The van der Waals surface area contributed by atoms with Gasteiger partial charge in [-0.3, -0.25) is 14.4 Å². The van der Waals surface area contributed by atoms with Crippen molar-refractivity contribution in [3.05, 3.63) is 41.7 Å². The first-order valence-electron chi connectivity index (χ1n) is 11.7. The highest BCUT2D eigenvalue weighted by Gasteiger charge is 2.53. The second-order valence-corrected chi connectivity index (χ2v) is 9.12. The standard InChI is InChI=1S/C23H31N7O3/c24-17(13-15-7-2-1-3-8-15)22(33)26-23(14-16-9-4-5-10-16,19(31)18-11-6-12-25-18)20(32)21-27-29-30-28-21/h1-3,7-8,16-18,25H,4-6,9-14,24H2,(H,26,33)(H,27,28,29,30)/t17-,18-,23?/m0/s1. The lowest BCUT2D eigenvalue weighted by molar-refractivity contribution is -0.132.